The van der Waals surface area contributed by atoms with Crippen molar-refractivity contribution in [2.45, 2.75) is 19.3 Å². The summed E-state index contributed by atoms with van der Waals surface area (Å²) >= 11 is 1.70. The SMILES string of the molecule is Cn1ccnc1-c1cnc(N2CCCCC2)nc1-c1cccs1. The van der Waals surface area contributed by atoms with Gasteiger partial charge in [0.25, 0.3) is 0 Å². The lowest BCUT2D eigenvalue weighted by molar-refractivity contribution is 0.568. The molecule has 0 aromatic carbocycles. The van der Waals surface area contributed by atoms with Gasteiger partial charge in [-0.05, 0) is 30.7 Å². The van der Waals surface area contributed by atoms with Gasteiger partial charge in [0, 0.05) is 38.7 Å². The first-order valence-electron chi connectivity index (χ1n) is 7.96. The van der Waals surface area contributed by atoms with E-state index in [1.54, 1.807) is 11.3 Å². The van der Waals surface area contributed by atoms with E-state index in [0.29, 0.717) is 0 Å². The Morgan fingerprint density at radius 1 is 1.13 bits per heavy atom. The highest BCUT2D eigenvalue weighted by Gasteiger charge is 2.19. The Kier molecular flexibility index (Phi) is 3.83. The molecule has 5 nitrogen and oxygen atoms in total. The van der Waals surface area contributed by atoms with Gasteiger partial charge in [0.05, 0.1) is 16.1 Å². The number of imidazole rings is 1. The molecular formula is C17H19N5S. The molecule has 0 spiro atoms. The van der Waals surface area contributed by atoms with Crippen LogP contribution in [0.4, 0.5) is 5.95 Å². The van der Waals surface area contributed by atoms with Crippen LogP contribution < -0.4 is 4.90 Å². The fraction of sp³-hybridized carbons (Fsp3) is 0.353. The van der Waals surface area contributed by atoms with Gasteiger partial charge in [-0.2, -0.15) is 0 Å². The minimum Gasteiger partial charge on any atom is -0.341 e. The second-order valence-corrected chi connectivity index (χ2v) is 6.77. The fourth-order valence-corrected chi connectivity index (χ4v) is 3.74. The lowest BCUT2D eigenvalue weighted by atomic mass is 10.1. The molecule has 0 unspecified atom stereocenters. The molecule has 3 aromatic rings. The largest absolute Gasteiger partial charge is 0.341 e. The third-order valence-corrected chi connectivity index (χ3v) is 5.11. The van der Waals surface area contributed by atoms with Crippen LogP contribution in [-0.2, 0) is 7.05 Å². The first kappa shape index (κ1) is 14.4. The lowest BCUT2D eigenvalue weighted by Gasteiger charge is -2.27. The molecule has 0 bridgehead atoms. The Hall–Kier alpha value is -2.21. The maximum Gasteiger partial charge on any atom is 0.225 e. The van der Waals surface area contributed by atoms with Crippen LogP contribution in [0.1, 0.15) is 19.3 Å². The average molecular weight is 325 g/mol. The van der Waals surface area contributed by atoms with E-state index in [1.807, 2.05) is 30.2 Å². The van der Waals surface area contributed by atoms with Gasteiger partial charge in [-0.15, -0.1) is 11.3 Å². The first-order valence-corrected chi connectivity index (χ1v) is 8.84. The second-order valence-electron chi connectivity index (χ2n) is 5.82. The normalized spacial score (nSPS) is 15.1. The van der Waals surface area contributed by atoms with Crippen LogP contribution in [0.3, 0.4) is 0 Å². The molecule has 4 heterocycles. The summed E-state index contributed by atoms with van der Waals surface area (Å²) in [6, 6.07) is 4.17. The third kappa shape index (κ3) is 2.74. The molecule has 0 amide bonds. The van der Waals surface area contributed by atoms with E-state index in [2.05, 4.69) is 32.4 Å². The van der Waals surface area contributed by atoms with E-state index in [-0.39, 0.29) is 0 Å². The van der Waals surface area contributed by atoms with Gasteiger partial charge in [0.1, 0.15) is 5.82 Å². The number of anilines is 1. The van der Waals surface area contributed by atoms with Gasteiger partial charge in [0.2, 0.25) is 5.95 Å². The number of hydrogen-bond donors (Lipinski definition) is 0. The Morgan fingerprint density at radius 3 is 2.70 bits per heavy atom. The first-order chi connectivity index (χ1) is 11.3. The van der Waals surface area contributed by atoms with Crippen molar-refractivity contribution >= 4 is 17.3 Å². The van der Waals surface area contributed by atoms with Crippen LogP contribution in [0.25, 0.3) is 22.0 Å². The molecule has 3 aromatic heterocycles. The van der Waals surface area contributed by atoms with Gasteiger partial charge < -0.3 is 9.47 Å². The zero-order valence-corrected chi connectivity index (χ0v) is 14.0. The minimum absolute atomic E-state index is 0.839. The van der Waals surface area contributed by atoms with Crippen molar-refractivity contribution in [3.05, 3.63) is 36.1 Å². The molecule has 0 saturated carbocycles. The predicted octanol–water partition coefficient (Wildman–Crippen LogP) is 3.60. The van der Waals surface area contributed by atoms with Gasteiger partial charge in [0.15, 0.2) is 0 Å². The topological polar surface area (TPSA) is 46.8 Å². The number of thiophene rings is 1. The van der Waals surface area contributed by atoms with Gasteiger partial charge in [-0.25, -0.2) is 15.0 Å². The Morgan fingerprint density at radius 2 is 2.00 bits per heavy atom. The van der Waals surface area contributed by atoms with Crippen LogP contribution in [0.2, 0.25) is 0 Å². The predicted molar refractivity (Wildman–Crippen MR) is 93.6 cm³/mol. The molecular weight excluding hydrogens is 306 g/mol. The van der Waals surface area contributed by atoms with Crippen LogP contribution >= 0.6 is 11.3 Å². The number of aryl methyl sites for hydroxylation is 1. The number of aromatic nitrogens is 4. The van der Waals surface area contributed by atoms with Crippen molar-refractivity contribution in [1.29, 1.82) is 0 Å². The van der Waals surface area contributed by atoms with E-state index in [4.69, 9.17) is 4.98 Å². The molecule has 0 N–H and O–H groups in total. The maximum atomic E-state index is 4.91. The second kappa shape index (κ2) is 6.12. The van der Waals surface area contributed by atoms with E-state index in [1.165, 1.54) is 19.3 Å². The van der Waals surface area contributed by atoms with Gasteiger partial charge >= 0.3 is 0 Å². The quantitative estimate of drug-likeness (QED) is 0.738. The molecule has 23 heavy (non-hydrogen) atoms. The Labute approximate surface area is 139 Å². The highest BCUT2D eigenvalue weighted by molar-refractivity contribution is 7.13. The number of nitrogens with zero attached hydrogens (tertiary/aromatic N) is 5. The number of piperidine rings is 1. The Balaban J connectivity index is 1.82. The summed E-state index contributed by atoms with van der Waals surface area (Å²) in [5.41, 5.74) is 1.96. The highest BCUT2D eigenvalue weighted by atomic mass is 32.1. The minimum atomic E-state index is 0.839. The van der Waals surface area contributed by atoms with Crippen molar-refractivity contribution < 1.29 is 0 Å². The summed E-state index contributed by atoms with van der Waals surface area (Å²) in [5.74, 6) is 1.74. The number of hydrogen-bond acceptors (Lipinski definition) is 5. The van der Waals surface area contributed by atoms with Gasteiger partial charge in [-0.1, -0.05) is 6.07 Å². The summed E-state index contributed by atoms with van der Waals surface area (Å²) in [6.45, 7) is 2.09. The summed E-state index contributed by atoms with van der Waals surface area (Å²) in [6.07, 6.45) is 9.43. The molecule has 6 heteroatoms. The molecule has 0 aliphatic carbocycles. The van der Waals surface area contributed by atoms with Crippen molar-refractivity contribution in [2.75, 3.05) is 18.0 Å². The van der Waals surface area contributed by atoms with Crippen LogP contribution in [-0.4, -0.2) is 32.6 Å². The molecule has 1 aliphatic rings. The van der Waals surface area contributed by atoms with Crippen molar-refractivity contribution in [3.8, 4) is 22.0 Å². The Bertz CT molecular complexity index is 787. The van der Waals surface area contributed by atoms with E-state index < -0.39 is 0 Å². The van der Waals surface area contributed by atoms with E-state index in [9.17, 15) is 0 Å². The maximum absolute atomic E-state index is 4.91. The standard InChI is InChI=1S/C17H19N5S/c1-21-10-7-18-16(21)13-12-19-17(22-8-3-2-4-9-22)20-15(13)14-6-5-11-23-14/h5-7,10-12H,2-4,8-9H2,1H3. The van der Waals surface area contributed by atoms with E-state index in [0.717, 1.165) is 41.0 Å². The molecule has 1 fully saturated rings. The smallest absolute Gasteiger partial charge is 0.225 e. The molecule has 4 rings (SSSR count). The van der Waals surface area contributed by atoms with Crippen molar-refractivity contribution in [1.82, 2.24) is 19.5 Å². The lowest BCUT2D eigenvalue weighted by Crippen LogP contribution is -2.31. The van der Waals surface area contributed by atoms with E-state index >= 15 is 0 Å². The molecule has 1 saturated heterocycles. The summed E-state index contributed by atoms with van der Waals surface area (Å²) in [5, 5.41) is 2.08. The average Bonchev–Trinajstić information content (AvgIpc) is 3.27. The molecule has 1 aliphatic heterocycles. The molecule has 0 radical (unpaired) electrons. The van der Waals surface area contributed by atoms with Crippen LogP contribution in [0, 0.1) is 0 Å². The number of rotatable bonds is 3. The summed E-state index contributed by atoms with van der Waals surface area (Å²) in [7, 11) is 2.00. The summed E-state index contributed by atoms with van der Waals surface area (Å²) < 4.78 is 2.01. The zero-order valence-electron chi connectivity index (χ0n) is 13.1. The molecule has 0 atom stereocenters. The molecule has 118 valence electrons. The zero-order chi connectivity index (χ0) is 15.6. The van der Waals surface area contributed by atoms with Crippen LogP contribution in [0.5, 0.6) is 0 Å². The van der Waals surface area contributed by atoms with Crippen molar-refractivity contribution in [2.24, 2.45) is 7.05 Å². The van der Waals surface area contributed by atoms with Gasteiger partial charge in [-0.3, -0.25) is 0 Å². The highest BCUT2D eigenvalue weighted by Crippen LogP contribution is 2.33. The monoisotopic (exact) mass is 325 g/mol. The van der Waals surface area contributed by atoms with Crippen LogP contribution in [0.15, 0.2) is 36.1 Å². The fourth-order valence-electron chi connectivity index (χ4n) is 3.01. The van der Waals surface area contributed by atoms with Crippen molar-refractivity contribution in [3.63, 3.8) is 0 Å². The third-order valence-electron chi connectivity index (χ3n) is 4.23. The summed E-state index contributed by atoms with van der Waals surface area (Å²) in [4.78, 5) is 17.5.